The van der Waals surface area contributed by atoms with E-state index in [-0.39, 0.29) is 11.5 Å². The first-order valence-electron chi connectivity index (χ1n) is 9.42. The molecule has 0 aliphatic heterocycles. The molecule has 1 fully saturated rings. The molecule has 3 rings (SSSR count). The van der Waals surface area contributed by atoms with Gasteiger partial charge in [-0.25, -0.2) is 13.8 Å². The number of benzene rings is 1. The van der Waals surface area contributed by atoms with E-state index in [1.807, 2.05) is 6.08 Å². The average molecular weight is 480 g/mol. The van der Waals surface area contributed by atoms with Gasteiger partial charge in [-0.15, -0.1) is 0 Å². The van der Waals surface area contributed by atoms with Crippen LogP contribution in [0.4, 0.5) is 26.2 Å². The third kappa shape index (κ3) is 5.69. The predicted molar refractivity (Wildman–Crippen MR) is 118 cm³/mol. The first kappa shape index (κ1) is 22.0. The van der Waals surface area contributed by atoms with Crippen molar-refractivity contribution >= 4 is 33.4 Å². The van der Waals surface area contributed by atoms with Crippen molar-refractivity contribution in [3.63, 3.8) is 0 Å². The van der Waals surface area contributed by atoms with Crippen LogP contribution in [0.15, 0.2) is 52.9 Å². The number of alkyl halides is 2. The topological polar surface area (TPSA) is 71.1 Å². The lowest BCUT2D eigenvalue weighted by Crippen LogP contribution is -2.16. The highest BCUT2D eigenvalue weighted by atomic mass is 79.9. The molecule has 1 saturated carbocycles. The maximum absolute atomic E-state index is 13.8. The van der Waals surface area contributed by atoms with E-state index in [4.69, 9.17) is 4.74 Å². The van der Waals surface area contributed by atoms with E-state index in [9.17, 15) is 8.78 Å². The Labute approximate surface area is 183 Å². The number of allylic oxidation sites excluding steroid dienone is 2. The molecule has 0 amide bonds. The molecule has 6 nitrogen and oxygen atoms in total. The Kier molecular flexibility index (Phi) is 6.60. The smallest absolute Gasteiger partial charge is 0.270 e. The molecule has 0 saturated heterocycles. The van der Waals surface area contributed by atoms with Gasteiger partial charge in [0.1, 0.15) is 11.6 Å². The molecule has 0 unspecified atom stereocenters. The Morgan fingerprint density at radius 2 is 2.07 bits per heavy atom. The highest BCUT2D eigenvalue weighted by molar-refractivity contribution is 9.10. The monoisotopic (exact) mass is 479 g/mol. The van der Waals surface area contributed by atoms with Gasteiger partial charge in [0.25, 0.3) is 5.92 Å². The Bertz CT molecular complexity index is 970. The normalized spacial score (nSPS) is 14.3. The van der Waals surface area contributed by atoms with E-state index < -0.39 is 5.92 Å². The molecule has 0 spiro atoms. The van der Waals surface area contributed by atoms with E-state index in [1.165, 1.54) is 19.2 Å². The van der Waals surface area contributed by atoms with Gasteiger partial charge >= 0.3 is 0 Å². The Hall–Kier alpha value is -2.68. The number of ether oxygens (including phenoxy) is 1. The van der Waals surface area contributed by atoms with Gasteiger partial charge in [-0.1, -0.05) is 6.58 Å². The van der Waals surface area contributed by atoms with Crippen LogP contribution in [0.25, 0.3) is 0 Å². The molecule has 0 radical (unpaired) electrons. The van der Waals surface area contributed by atoms with Crippen LogP contribution < -0.4 is 20.7 Å². The number of rotatable bonds is 9. The van der Waals surface area contributed by atoms with Crippen LogP contribution >= 0.6 is 15.9 Å². The molecule has 9 heteroatoms. The summed E-state index contributed by atoms with van der Waals surface area (Å²) in [5, 5.41) is 9.25. The summed E-state index contributed by atoms with van der Waals surface area (Å²) >= 11 is 3.43. The van der Waals surface area contributed by atoms with E-state index in [0.717, 1.165) is 31.2 Å². The SMILES string of the molecule is C=C(/C=C(\NC)Nc1nc(Nc2cc(OC)cc(C(C)(F)F)c2)ncc1Br)C1CC1. The van der Waals surface area contributed by atoms with Crippen LogP contribution in [-0.4, -0.2) is 24.1 Å². The van der Waals surface area contributed by atoms with Gasteiger partial charge in [0.05, 0.1) is 11.6 Å². The van der Waals surface area contributed by atoms with E-state index >= 15 is 0 Å². The van der Waals surface area contributed by atoms with Crippen LogP contribution in [0.2, 0.25) is 0 Å². The number of aromatic nitrogens is 2. The zero-order chi connectivity index (χ0) is 21.9. The molecule has 2 aromatic rings. The van der Waals surface area contributed by atoms with Crippen LogP contribution in [0, 0.1) is 5.92 Å². The molecule has 1 heterocycles. The summed E-state index contributed by atoms with van der Waals surface area (Å²) < 4.78 is 33.4. The van der Waals surface area contributed by atoms with Crippen LogP contribution in [0.1, 0.15) is 25.3 Å². The molecule has 0 bridgehead atoms. The van der Waals surface area contributed by atoms with Crippen molar-refractivity contribution < 1.29 is 13.5 Å². The standard InChI is InChI=1S/C21H24BrF2N5O/c1-12(13-5-6-13)7-18(25-3)28-19-17(22)11-26-20(29-19)27-15-8-14(21(2,23)24)9-16(10-15)30-4/h7-11,13,25H,1,5-6H2,2-4H3,(H2,26,27,28,29)/b18-7+. The maximum atomic E-state index is 13.8. The van der Waals surface area contributed by atoms with E-state index in [2.05, 4.69) is 48.4 Å². The van der Waals surface area contributed by atoms with Crippen molar-refractivity contribution in [2.45, 2.75) is 25.7 Å². The lowest BCUT2D eigenvalue weighted by Gasteiger charge is -2.16. The van der Waals surface area contributed by atoms with Crippen molar-refractivity contribution in [3.8, 4) is 5.75 Å². The fraction of sp³-hybridized carbons (Fsp3) is 0.333. The van der Waals surface area contributed by atoms with E-state index in [0.29, 0.717) is 27.6 Å². The lowest BCUT2D eigenvalue weighted by atomic mass is 10.1. The second-order valence-electron chi connectivity index (χ2n) is 7.14. The van der Waals surface area contributed by atoms with Gasteiger partial charge in [0, 0.05) is 37.5 Å². The van der Waals surface area contributed by atoms with Crippen molar-refractivity contribution in [2.75, 3.05) is 24.8 Å². The van der Waals surface area contributed by atoms with Gasteiger partial charge in [-0.3, -0.25) is 0 Å². The maximum Gasteiger partial charge on any atom is 0.270 e. The number of anilines is 3. The van der Waals surface area contributed by atoms with Gasteiger partial charge in [0.2, 0.25) is 5.95 Å². The fourth-order valence-corrected chi connectivity index (χ4v) is 3.03. The van der Waals surface area contributed by atoms with Crippen molar-refractivity contribution in [1.82, 2.24) is 15.3 Å². The molecule has 1 aliphatic carbocycles. The Balaban J connectivity index is 1.84. The minimum absolute atomic E-state index is 0.168. The van der Waals surface area contributed by atoms with Crippen LogP contribution in [-0.2, 0) is 5.92 Å². The number of halogens is 3. The van der Waals surface area contributed by atoms with Crippen molar-refractivity contribution in [2.24, 2.45) is 5.92 Å². The Morgan fingerprint density at radius 1 is 1.33 bits per heavy atom. The average Bonchev–Trinajstić information content (AvgIpc) is 3.54. The van der Waals surface area contributed by atoms with Crippen molar-refractivity contribution in [1.29, 1.82) is 0 Å². The minimum Gasteiger partial charge on any atom is -0.497 e. The van der Waals surface area contributed by atoms with Gasteiger partial charge in [0.15, 0.2) is 5.82 Å². The molecule has 0 atom stereocenters. The highest BCUT2D eigenvalue weighted by Crippen LogP contribution is 2.36. The molecule has 3 N–H and O–H groups in total. The molecule has 1 aromatic carbocycles. The van der Waals surface area contributed by atoms with Crippen LogP contribution in [0.3, 0.4) is 0 Å². The Morgan fingerprint density at radius 3 is 2.67 bits per heavy atom. The third-order valence-electron chi connectivity index (χ3n) is 4.60. The largest absolute Gasteiger partial charge is 0.497 e. The first-order valence-corrected chi connectivity index (χ1v) is 10.2. The zero-order valence-electron chi connectivity index (χ0n) is 17.0. The second kappa shape index (κ2) is 8.99. The van der Waals surface area contributed by atoms with Gasteiger partial charge < -0.3 is 20.7 Å². The first-order chi connectivity index (χ1) is 14.2. The van der Waals surface area contributed by atoms with Gasteiger partial charge in [-0.05, 0) is 58.5 Å². The number of hydrogen-bond acceptors (Lipinski definition) is 6. The number of nitrogens with one attached hydrogen (secondary N) is 3. The van der Waals surface area contributed by atoms with E-state index in [1.54, 1.807) is 19.3 Å². The summed E-state index contributed by atoms with van der Waals surface area (Å²) in [6.45, 7) is 4.94. The predicted octanol–water partition coefficient (Wildman–Crippen LogP) is 5.54. The molecular formula is C21H24BrF2N5O. The summed E-state index contributed by atoms with van der Waals surface area (Å²) in [7, 11) is 3.23. The zero-order valence-corrected chi connectivity index (χ0v) is 18.6. The third-order valence-corrected chi connectivity index (χ3v) is 5.18. The summed E-state index contributed by atoms with van der Waals surface area (Å²) in [4.78, 5) is 8.67. The fourth-order valence-electron chi connectivity index (χ4n) is 2.74. The molecule has 30 heavy (non-hydrogen) atoms. The summed E-state index contributed by atoms with van der Waals surface area (Å²) in [5.41, 5.74) is 1.28. The number of hydrogen-bond donors (Lipinski definition) is 3. The number of nitrogens with zero attached hydrogens (tertiary/aromatic N) is 2. The van der Waals surface area contributed by atoms with Crippen LogP contribution in [0.5, 0.6) is 5.75 Å². The second-order valence-corrected chi connectivity index (χ2v) is 7.99. The van der Waals surface area contributed by atoms with Gasteiger partial charge in [-0.2, -0.15) is 4.98 Å². The van der Waals surface area contributed by atoms with Crippen molar-refractivity contribution in [3.05, 3.63) is 58.5 Å². The number of methoxy groups -OCH3 is 1. The molecule has 160 valence electrons. The molecule has 1 aromatic heterocycles. The lowest BCUT2D eigenvalue weighted by molar-refractivity contribution is 0.0173. The quantitative estimate of drug-likeness (QED) is 0.410. The summed E-state index contributed by atoms with van der Waals surface area (Å²) in [6.07, 6.45) is 5.86. The molecular weight excluding hydrogens is 456 g/mol. The summed E-state index contributed by atoms with van der Waals surface area (Å²) in [6, 6.07) is 4.25. The summed E-state index contributed by atoms with van der Waals surface area (Å²) in [5.74, 6) is -0.650. The molecule has 1 aliphatic rings. The highest BCUT2D eigenvalue weighted by Gasteiger charge is 2.26. The minimum atomic E-state index is -3.01.